The second-order valence-electron chi connectivity index (χ2n) is 8.71. The van der Waals surface area contributed by atoms with E-state index in [2.05, 4.69) is 0 Å². The van der Waals surface area contributed by atoms with Crippen LogP contribution >= 0.6 is 0 Å². The van der Waals surface area contributed by atoms with E-state index in [0.717, 1.165) is 19.5 Å². The highest BCUT2D eigenvalue weighted by molar-refractivity contribution is 6.46. The fourth-order valence-electron chi connectivity index (χ4n) is 4.57. The van der Waals surface area contributed by atoms with Crippen LogP contribution in [0, 0.1) is 0 Å². The van der Waals surface area contributed by atoms with Crippen LogP contribution in [0.4, 0.5) is 0 Å². The Bertz CT molecular complexity index is 1080. The first-order chi connectivity index (χ1) is 17.0. The molecule has 2 heterocycles. The lowest BCUT2D eigenvalue weighted by molar-refractivity contribution is -0.907. The van der Waals surface area contributed by atoms with Crippen molar-refractivity contribution in [2.75, 3.05) is 53.1 Å². The molecule has 0 aromatic heterocycles. The summed E-state index contributed by atoms with van der Waals surface area (Å²) < 4.78 is 16.7. The van der Waals surface area contributed by atoms with Gasteiger partial charge in [0.15, 0.2) is 11.5 Å². The van der Waals surface area contributed by atoms with Gasteiger partial charge in [-0.2, -0.15) is 0 Å². The van der Waals surface area contributed by atoms with E-state index in [4.69, 9.17) is 14.2 Å². The summed E-state index contributed by atoms with van der Waals surface area (Å²) in [5, 5.41) is 13.5. The van der Waals surface area contributed by atoms with Gasteiger partial charge in [0.2, 0.25) is 5.78 Å². The Labute approximate surface area is 205 Å². The number of Topliss-reactive ketones (excluding diaryl/α,β-unsaturated/α-hetero) is 1. The van der Waals surface area contributed by atoms with Gasteiger partial charge in [0.1, 0.15) is 13.1 Å². The molecule has 0 bridgehead atoms. The van der Waals surface area contributed by atoms with Crippen LogP contribution in [0.1, 0.15) is 30.5 Å². The number of likely N-dealkylation sites (tertiary alicyclic amines) is 1. The maximum absolute atomic E-state index is 13.5. The number of ketones is 1. The van der Waals surface area contributed by atoms with Crippen LogP contribution in [0.2, 0.25) is 0 Å². The van der Waals surface area contributed by atoms with Crippen molar-refractivity contribution >= 4 is 17.4 Å². The number of amides is 1. The molecular weight excluding hydrogens is 448 g/mol. The Kier molecular flexibility index (Phi) is 8.05. The monoisotopic (exact) mass is 480 g/mol. The third-order valence-corrected chi connectivity index (χ3v) is 6.44. The highest BCUT2D eigenvalue weighted by Gasteiger charge is 2.44. The lowest BCUT2D eigenvalue weighted by Gasteiger charge is -2.30. The number of rotatable bonds is 9. The molecule has 0 saturated carbocycles. The summed E-state index contributed by atoms with van der Waals surface area (Å²) in [5.74, 6) is -0.749. The number of benzene rings is 2. The van der Waals surface area contributed by atoms with Crippen molar-refractivity contribution in [3.05, 3.63) is 65.2 Å². The molecule has 2 fully saturated rings. The molecule has 0 spiro atoms. The molecule has 1 unspecified atom stereocenters. The average Bonchev–Trinajstić information content (AvgIpc) is 3.16. The molecule has 35 heavy (non-hydrogen) atoms. The van der Waals surface area contributed by atoms with Crippen molar-refractivity contribution in [2.45, 2.75) is 19.4 Å². The van der Waals surface area contributed by atoms with Gasteiger partial charge in [0.05, 0.1) is 46.1 Å². The molecule has 8 heteroatoms. The van der Waals surface area contributed by atoms with Crippen molar-refractivity contribution < 1.29 is 33.8 Å². The van der Waals surface area contributed by atoms with Gasteiger partial charge in [0.25, 0.3) is 5.91 Å². The number of carbonyl (C=O) groups is 2. The van der Waals surface area contributed by atoms with E-state index in [-0.39, 0.29) is 5.57 Å². The molecule has 1 amide bonds. The first-order valence-electron chi connectivity index (χ1n) is 12.1. The van der Waals surface area contributed by atoms with Crippen molar-refractivity contribution in [1.82, 2.24) is 4.90 Å². The van der Waals surface area contributed by atoms with Gasteiger partial charge < -0.3 is 29.1 Å². The number of ether oxygens (including phenoxy) is 3. The Balaban J connectivity index is 1.74. The molecule has 2 aromatic rings. The second-order valence-corrected chi connectivity index (χ2v) is 8.71. The van der Waals surface area contributed by atoms with Gasteiger partial charge in [-0.15, -0.1) is 0 Å². The third-order valence-electron chi connectivity index (χ3n) is 6.44. The Morgan fingerprint density at radius 2 is 1.86 bits per heavy atom. The Morgan fingerprint density at radius 1 is 1.11 bits per heavy atom. The summed E-state index contributed by atoms with van der Waals surface area (Å²) in [7, 11) is 1.54. The molecule has 8 nitrogen and oxygen atoms in total. The van der Waals surface area contributed by atoms with Crippen molar-refractivity contribution in [3.63, 3.8) is 0 Å². The lowest BCUT2D eigenvalue weighted by atomic mass is 9.95. The van der Waals surface area contributed by atoms with Crippen LogP contribution in [0.25, 0.3) is 5.76 Å². The predicted octanol–water partition coefficient (Wildman–Crippen LogP) is 0.623. The Morgan fingerprint density at radius 3 is 2.54 bits per heavy atom. The number of quaternary nitrogens is 1. The van der Waals surface area contributed by atoms with Crippen LogP contribution in [0.15, 0.2) is 54.1 Å². The number of nitrogens with one attached hydrogen (secondary N) is 1. The third kappa shape index (κ3) is 5.33. The van der Waals surface area contributed by atoms with Crippen LogP contribution in [0.3, 0.4) is 0 Å². The number of morpholine rings is 1. The van der Waals surface area contributed by atoms with Crippen molar-refractivity contribution in [2.24, 2.45) is 0 Å². The molecule has 2 aliphatic heterocycles. The summed E-state index contributed by atoms with van der Waals surface area (Å²) in [6.07, 6.45) is 0.845. The molecule has 4 rings (SSSR count). The highest BCUT2D eigenvalue weighted by Crippen LogP contribution is 2.41. The number of methoxy groups -OCH3 is 1. The van der Waals surface area contributed by atoms with Crippen LogP contribution in [0.5, 0.6) is 11.5 Å². The number of hydrogen-bond acceptors (Lipinski definition) is 6. The Hall–Kier alpha value is -3.36. The van der Waals surface area contributed by atoms with Crippen LogP contribution in [-0.2, 0) is 14.3 Å². The van der Waals surface area contributed by atoms with E-state index in [1.165, 1.54) is 9.80 Å². The SMILES string of the molecule is CCCOc1ccc(C2C(=C([O-])c3ccccc3)C(=O)C(=O)N2CC[NH+]2CCOCC2)cc1OC. The predicted molar refractivity (Wildman–Crippen MR) is 128 cm³/mol. The fraction of sp³-hybridized carbons (Fsp3) is 0.407. The topological polar surface area (TPSA) is 92.6 Å². The molecule has 1 atom stereocenters. The maximum atomic E-state index is 13.5. The zero-order chi connectivity index (χ0) is 24.8. The number of hydrogen-bond donors (Lipinski definition) is 1. The minimum Gasteiger partial charge on any atom is -0.872 e. The molecule has 2 aliphatic rings. The molecule has 186 valence electrons. The zero-order valence-corrected chi connectivity index (χ0v) is 20.2. The average molecular weight is 481 g/mol. The van der Waals surface area contributed by atoms with Crippen molar-refractivity contribution in [3.8, 4) is 11.5 Å². The van der Waals surface area contributed by atoms with E-state index in [1.54, 1.807) is 55.6 Å². The normalized spacial score (nSPS) is 20.3. The summed E-state index contributed by atoms with van der Waals surface area (Å²) in [5.41, 5.74) is 0.993. The van der Waals surface area contributed by atoms with E-state index < -0.39 is 23.5 Å². The molecule has 2 saturated heterocycles. The minimum atomic E-state index is -0.794. The van der Waals surface area contributed by atoms with Crippen molar-refractivity contribution in [1.29, 1.82) is 0 Å². The fourth-order valence-corrected chi connectivity index (χ4v) is 4.57. The quantitative estimate of drug-likeness (QED) is 0.322. The molecule has 0 radical (unpaired) electrons. The first-order valence-corrected chi connectivity index (χ1v) is 12.1. The first kappa shape index (κ1) is 24.8. The standard InChI is InChI=1S/C27H32N2O6/c1-3-15-35-21-10-9-20(18-22(21)33-2)24-23(25(30)19-7-5-4-6-8-19)26(31)27(32)29(24)12-11-28-13-16-34-17-14-28/h4-10,18,24,30H,3,11-17H2,1-2H3. The van der Waals surface area contributed by atoms with Gasteiger partial charge in [-0.1, -0.05) is 49.1 Å². The molecule has 0 aliphatic carbocycles. The van der Waals surface area contributed by atoms with Crippen LogP contribution in [-0.4, -0.2) is 69.7 Å². The van der Waals surface area contributed by atoms with E-state index in [0.29, 0.717) is 55.5 Å². The lowest BCUT2D eigenvalue weighted by Crippen LogP contribution is -3.14. The van der Waals surface area contributed by atoms with Gasteiger partial charge in [-0.3, -0.25) is 9.59 Å². The van der Waals surface area contributed by atoms with Gasteiger partial charge in [0, 0.05) is 5.57 Å². The van der Waals surface area contributed by atoms with Gasteiger partial charge >= 0.3 is 0 Å². The summed E-state index contributed by atoms with van der Waals surface area (Å²) in [4.78, 5) is 29.2. The summed E-state index contributed by atoms with van der Waals surface area (Å²) in [6.45, 7) is 6.61. The summed E-state index contributed by atoms with van der Waals surface area (Å²) >= 11 is 0. The number of carbonyl (C=O) groups excluding carboxylic acids is 2. The highest BCUT2D eigenvalue weighted by atomic mass is 16.5. The van der Waals surface area contributed by atoms with E-state index in [9.17, 15) is 14.7 Å². The number of nitrogens with zero attached hydrogens (tertiary/aromatic N) is 1. The van der Waals surface area contributed by atoms with E-state index in [1.807, 2.05) is 6.92 Å². The molecule has 1 N–H and O–H groups in total. The second kappa shape index (κ2) is 11.4. The zero-order valence-electron chi connectivity index (χ0n) is 20.2. The van der Waals surface area contributed by atoms with Gasteiger partial charge in [-0.05, 0) is 29.7 Å². The maximum Gasteiger partial charge on any atom is 0.295 e. The van der Waals surface area contributed by atoms with Gasteiger partial charge in [-0.25, -0.2) is 0 Å². The molecule has 2 aromatic carbocycles. The minimum absolute atomic E-state index is 0.0255. The smallest absolute Gasteiger partial charge is 0.295 e. The molecular formula is C27H32N2O6. The largest absolute Gasteiger partial charge is 0.872 e. The van der Waals surface area contributed by atoms with E-state index >= 15 is 0 Å². The summed E-state index contributed by atoms with van der Waals surface area (Å²) in [6, 6.07) is 13.1. The van der Waals surface area contributed by atoms with Crippen LogP contribution < -0.4 is 19.5 Å².